The Morgan fingerprint density at radius 2 is 1.77 bits per heavy atom. The molecule has 0 fully saturated rings. The van der Waals surface area contributed by atoms with E-state index in [0.717, 1.165) is 15.9 Å². The summed E-state index contributed by atoms with van der Waals surface area (Å²) in [7, 11) is 3.05. The lowest BCUT2D eigenvalue weighted by Gasteiger charge is -2.10. The third-order valence-electron chi connectivity index (χ3n) is 4.69. The van der Waals surface area contributed by atoms with Crippen LogP contribution in [0.1, 0.15) is 5.69 Å². The maximum absolute atomic E-state index is 13.0. The Hall–Kier alpha value is -4.14. The van der Waals surface area contributed by atoms with E-state index in [1.807, 2.05) is 37.3 Å². The van der Waals surface area contributed by atoms with Gasteiger partial charge in [0.25, 0.3) is 0 Å². The van der Waals surface area contributed by atoms with Crippen LogP contribution in [0, 0.1) is 6.92 Å². The second-order valence-electron chi connectivity index (χ2n) is 6.84. The van der Waals surface area contributed by atoms with E-state index in [0.29, 0.717) is 28.7 Å². The second-order valence-corrected chi connectivity index (χ2v) is 6.84. The molecule has 0 aliphatic heterocycles. The van der Waals surface area contributed by atoms with Gasteiger partial charge in [0.2, 0.25) is 5.91 Å². The monoisotopic (exact) mass is 419 g/mol. The molecule has 0 bridgehead atoms. The molecule has 1 amide bonds. The van der Waals surface area contributed by atoms with Crippen LogP contribution >= 0.6 is 0 Å². The van der Waals surface area contributed by atoms with E-state index in [-0.39, 0.29) is 6.54 Å². The van der Waals surface area contributed by atoms with Gasteiger partial charge in [-0.1, -0.05) is 30.3 Å². The molecule has 2 aromatic heterocycles. The number of benzene rings is 2. The largest absolute Gasteiger partial charge is 0.493 e. The number of methoxy groups -OCH3 is 2. The number of nitrogens with zero attached hydrogens (tertiary/aromatic N) is 4. The molecule has 158 valence electrons. The first-order valence-electron chi connectivity index (χ1n) is 9.54. The molecular formula is C22H21N5O4. The number of carbonyl (C=O) groups excluding carboxylic acids is 1. The van der Waals surface area contributed by atoms with Crippen LogP contribution in [0.15, 0.2) is 59.4 Å². The van der Waals surface area contributed by atoms with Gasteiger partial charge >= 0.3 is 5.69 Å². The normalized spacial score (nSPS) is 10.8. The van der Waals surface area contributed by atoms with Gasteiger partial charge in [0.15, 0.2) is 17.1 Å². The lowest BCUT2D eigenvalue weighted by Crippen LogP contribution is -2.28. The molecule has 9 nitrogen and oxygen atoms in total. The average Bonchev–Trinajstić information content (AvgIpc) is 3.08. The predicted octanol–water partition coefficient (Wildman–Crippen LogP) is 2.52. The molecule has 2 aromatic carbocycles. The van der Waals surface area contributed by atoms with Gasteiger partial charge in [-0.05, 0) is 19.1 Å². The van der Waals surface area contributed by atoms with Gasteiger partial charge in [0.1, 0.15) is 12.4 Å². The zero-order chi connectivity index (χ0) is 22.0. The van der Waals surface area contributed by atoms with Crippen LogP contribution in [-0.2, 0) is 11.3 Å². The smallest absolute Gasteiger partial charge is 0.352 e. The first-order chi connectivity index (χ1) is 15.0. The fourth-order valence-electron chi connectivity index (χ4n) is 3.29. The fraction of sp³-hybridized carbons (Fsp3) is 0.182. The van der Waals surface area contributed by atoms with Gasteiger partial charge in [-0.2, -0.15) is 0 Å². The maximum atomic E-state index is 13.0. The van der Waals surface area contributed by atoms with Gasteiger partial charge in [0.05, 0.1) is 14.2 Å². The molecule has 0 atom stereocenters. The number of aromatic nitrogens is 4. The molecule has 0 aliphatic rings. The fourth-order valence-corrected chi connectivity index (χ4v) is 3.29. The first-order valence-corrected chi connectivity index (χ1v) is 9.54. The van der Waals surface area contributed by atoms with Gasteiger partial charge in [-0.25, -0.2) is 18.9 Å². The summed E-state index contributed by atoms with van der Waals surface area (Å²) >= 11 is 0. The second kappa shape index (κ2) is 8.31. The molecule has 0 saturated carbocycles. The molecule has 0 aliphatic carbocycles. The molecule has 1 N–H and O–H groups in total. The lowest BCUT2D eigenvalue weighted by molar-refractivity contribution is -0.117. The number of ether oxygens (including phenoxy) is 2. The minimum absolute atomic E-state index is 0.248. The van der Waals surface area contributed by atoms with Gasteiger partial charge < -0.3 is 14.8 Å². The van der Waals surface area contributed by atoms with Crippen LogP contribution in [-0.4, -0.2) is 39.3 Å². The zero-order valence-electron chi connectivity index (χ0n) is 17.3. The van der Waals surface area contributed by atoms with Crippen molar-refractivity contribution in [3.05, 3.63) is 70.8 Å². The number of rotatable bonds is 6. The van der Waals surface area contributed by atoms with Crippen LogP contribution < -0.4 is 20.5 Å². The summed E-state index contributed by atoms with van der Waals surface area (Å²) in [5.41, 5.74) is 2.01. The highest BCUT2D eigenvalue weighted by Gasteiger charge is 2.16. The quantitative estimate of drug-likeness (QED) is 0.516. The summed E-state index contributed by atoms with van der Waals surface area (Å²) in [5.74, 6) is 1.11. The first kappa shape index (κ1) is 20.1. The van der Waals surface area contributed by atoms with Crippen molar-refractivity contribution < 1.29 is 14.3 Å². The summed E-state index contributed by atoms with van der Waals surface area (Å²) in [6, 6.07) is 16.1. The number of anilines is 1. The van der Waals surface area contributed by atoms with Crippen LogP contribution in [0.2, 0.25) is 0 Å². The van der Waals surface area contributed by atoms with Gasteiger partial charge in [-0.15, -0.1) is 5.10 Å². The summed E-state index contributed by atoms with van der Waals surface area (Å²) in [6.07, 6.45) is 0. The Morgan fingerprint density at radius 1 is 1.03 bits per heavy atom. The highest BCUT2D eigenvalue weighted by atomic mass is 16.5. The van der Waals surface area contributed by atoms with E-state index < -0.39 is 11.6 Å². The minimum atomic E-state index is -0.441. The molecule has 0 unspecified atom stereocenters. The standard InChI is InChI=1S/C22H21N5O4/c1-14-11-19-25-26(22(29)27(19)21(23-14)15-7-5-4-6-8-15)13-20(28)24-16-9-10-17(30-2)18(12-16)31-3/h4-12H,13H2,1-3H3,(H,24,28). The third kappa shape index (κ3) is 3.97. The Bertz CT molecular complexity index is 1310. The average molecular weight is 419 g/mol. The Balaban J connectivity index is 1.64. The van der Waals surface area contributed by atoms with Crippen molar-refractivity contribution in [3.8, 4) is 22.9 Å². The number of aryl methyl sites for hydroxylation is 1. The van der Waals surface area contributed by atoms with Crippen molar-refractivity contribution >= 4 is 17.2 Å². The number of fused-ring (bicyclic) bond motifs is 1. The summed E-state index contributed by atoms with van der Waals surface area (Å²) < 4.78 is 13.0. The predicted molar refractivity (Wildman–Crippen MR) is 116 cm³/mol. The molecule has 9 heteroatoms. The molecule has 4 rings (SSSR count). The van der Waals surface area contributed by atoms with Crippen LogP contribution in [0.25, 0.3) is 17.0 Å². The van der Waals surface area contributed by atoms with E-state index in [1.165, 1.54) is 18.6 Å². The summed E-state index contributed by atoms with van der Waals surface area (Å²) in [4.78, 5) is 30.1. The number of amides is 1. The molecule has 0 radical (unpaired) electrons. The number of hydrogen-bond acceptors (Lipinski definition) is 6. The highest BCUT2D eigenvalue weighted by Crippen LogP contribution is 2.29. The van der Waals surface area contributed by atoms with E-state index in [4.69, 9.17) is 9.47 Å². The number of hydrogen-bond donors (Lipinski definition) is 1. The van der Waals surface area contributed by atoms with Crippen molar-refractivity contribution in [3.63, 3.8) is 0 Å². The summed E-state index contributed by atoms with van der Waals surface area (Å²) in [6.45, 7) is 1.59. The number of carbonyl (C=O) groups is 1. The molecule has 2 heterocycles. The van der Waals surface area contributed by atoms with Gasteiger partial charge in [-0.3, -0.25) is 4.79 Å². The van der Waals surface area contributed by atoms with Gasteiger partial charge in [0, 0.05) is 29.1 Å². The van der Waals surface area contributed by atoms with Crippen LogP contribution in [0.3, 0.4) is 0 Å². The van der Waals surface area contributed by atoms with E-state index in [1.54, 1.807) is 24.3 Å². The molecule has 4 aromatic rings. The third-order valence-corrected chi connectivity index (χ3v) is 4.69. The van der Waals surface area contributed by atoms with Crippen LogP contribution in [0.4, 0.5) is 5.69 Å². The Morgan fingerprint density at radius 3 is 2.48 bits per heavy atom. The lowest BCUT2D eigenvalue weighted by atomic mass is 10.2. The molecule has 0 saturated heterocycles. The Kier molecular flexibility index (Phi) is 5.40. The van der Waals surface area contributed by atoms with Crippen molar-refractivity contribution in [2.75, 3.05) is 19.5 Å². The molecule has 31 heavy (non-hydrogen) atoms. The maximum Gasteiger partial charge on any atom is 0.352 e. The highest BCUT2D eigenvalue weighted by molar-refractivity contribution is 5.90. The Labute approximate surface area is 177 Å². The molecular weight excluding hydrogens is 398 g/mol. The van der Waals surface area contributed by atoms with E-state index in [9.17, 15) is 9.59 Å². The van der Waals surface area contributed by atoms with E-state index in [2.05, 4.69) is 15.4 Å². The topological polar surface area (TPSA) is 99.7 Å². The van der Waals surface area contributed by atoms with Crippen molar-refractivity contribution in [2.24, 2.45) is 0 Å². The molecule has 0 spiro atoms. The van der Waals surface area contributed by atoms with Crippen molar-refractivity contribution in [1.29, 1.82) is 0 Å². The minimum Gasteiger partial charge on any atom is -0.493 e. The summed E-state index contributed by atoms with van der Waals surface area (Å²) in [5, 5.41) is 7.07. The van der Waals surface area contributed by atoms with Crippen molar-refractivity contribution in [1.82, 2.24) is 19.2 Å². The van der Waals surface area contributed by atoms with Crippen molar-refractivity contribution in [2.45, 2.75) is 13.5 Å². The van der Waals surface area contributed by atoms with Crippen LogP contribution in [0.5, 0.6) is 11.5 Å². The SMILES string of the molecule is COc1ccc(NC(=O)Cn2nc3cc(C)nc(-c4ccccc4)n3c2=O)cc1OC. The zero-order valence-corrected chi connectivity index (χ0v) is 17.3. The van der Waals surface area contributed by atoms with E-state index >= 15 is 0 Å². The number of nitrogens with one attached hydrogen (secondary N) is 1.